The van der Waals surface area contributed by atoms with Crippen LogP contribution in [0.2, 0.25) is 0 Å². The molecule has 3 aliphatic rings. The van der Waals surface area contributed by atoms with Gasteiger partial charge in [0, 0.05) is 18.6 Å². The maximum atomic E-state index is 3.72. The molecular formula is C11H20N2. The molecule has 13 heavy (non-hydrogen) atoms. The lowest BCUT2D eigenvalue weighted by Crippen LogP contribution is -2.38. The van der Waals surface area contributed by atoms with Crippen molar-refractivity contribution in [2.45, 2.75) is 44.2 Å². The fourth-order valence-corrected chi connectivity index (χ4v) is 3.12. The molecule has 3 fully saturated rings. The van der Waals surface area contributed by atoms with Crippen LogP contribution in [0.1, 0.15) is 32.1 Å². The van der Waals surface area contributed by atoms with Gasteiger partial charge in [0.15, 0.2) is 0 Å². The first-order valence-electron chi connectivity index (χ1n) is 5.88. The normalized spacial score (nSPS) is 48.0. The lowest BCUT2D eigenvalue weighted by atomic mass is 10.1. The number of nitrogens with one attached hydrogen (secondary N) is 2. The SMILES string of the molecule is C1CN[C@@H](CNC2CC3CC3C2)C1. The Kier molecular flexibility index (Phi) is 2.06. The highest BCUT2D eigenvalue weighted by atomic mass is 15.0. The zero-order valence-electron chi connectivity index (χ0n) is 8.26. The summed E-state index contributed by atoms with van der Waals surface area (Å²) in [5.41, 5.74) is 0. The summed E-state index contributed by atoms with van der Waals surface area (Å²) < 4.78 is 0. The van der Waals surface area contributed by atoms with Gasteiger partial charge in [-0.3, -0.25) is 0 Å². The molecule has 2 aliphatic carbocycles. The van der Waals surface area contributed by atoms with Gasteiger partial charge in [-0.05, 0) is 50.5 Å². The minimum absolute atomic E-state index is 0.775. The monoisotopic (exact) mass is 180 g/mol. The first kappa shape index (κ1) is 8.25. The Morgan fingerprint density at radius 1 is 1.15 bits per heavy atom. The largest absolute Gasteiger partial charge is 0.313 e. The third-order valence-electron chi connectivity index (χ3n) is 4.06. The topological polar surface area (TPSA) is 24.1 Å². The fraction of sp³-hybridized carbons (Fsp3) is 1.00. The molecule has 3 atom stereocenters. The molecule has 2 saturated carbocycles. The summed E-state index contributed by atoms with van der Waals surface area (Å²) in [6.07, 6.45) is 7.24. The maximum absolute atomic E-state index is 3.72. The Labute approximate surface area is 80.5 Å². The number of fused-ring (bicyclic) bond motifs is 1. The van der Waals surface area contributed by atoms with Crippen LogP contribution in [0.15, 0.2) is 0 Å². The van der Waals surface area contributed by atoms with Gasteiger partial charge in [-0.1, -0.05) is 0 Å². The van der Waals surface area contributed by atoms with E-state index in [0.29, 0.717) is 0 Å². The van der Waals surface area contributed by atoms with E-state index < -0.39 is 0 Å². The molecule has 0 radical (unpaired) electrons. The highest BCUT2D eigenvalue weighted by molar-refractivity contribution is 4.99. The molecule has 0 aromatic rings. The van der Waals surface area contributed by atoms with Gasteiger partial charge in [-0.2, -0.15) is 0 Å². The van der Waals surface area contributed by atoms with Crippen LogP contribution in [0.25, 0.3) is 0 Å². The van der Waals surface area contributed by atoms with E-state index in [-0.39, 0.29) is 0 Å². The van der Waals surface area contributed by atoms with Gasteiger partial charge in [-0.25, -0.2) is 0 Å². The first-order valence-corrected chi connectivity index (χ1v) is 5.88. The number of hydrogen-bond donors (Lipinski definition) is 2. The molecule has 0 aromatic carbocycles. The lowest BCUT2D eigenvalue weighted by Gasteiger charge is -2.17. The van der Waals surface area contributed by atoms with Crippen LogP contribution < -0.4 is 10.6 Å². The summed E-state index contributed by atoms with van der Waals surface area (Å²) >= 11 is 0. The summed E-state index contributed by atoms with van der Waals surface area (Å²) in [5.74, 6) is 2.24. The number of rotatable bonds is 3. The van der Waals surface area contributed by atoms with Crippen molar-refractivity contribution < 1.29 is 0 Å². The van der Waals surface area contributed by atoms with Gasteiger partial charge in [0.2, 0.25) is 0 Å². The van der Waals surface area contributed by atoms with Crippen LogP contribution in [0.5, 0.6) is 0 Å². The third kappa shape index (κ3) is 1.75. The molecule has 0 aromatic heterocycles. The van der Waals surface area contributed by atoms with Crippen molar-refractivity contribution in [1.82, 2.24) is 10.6 Å². The van der Waals surface area contributed by atoms with E-state index in [0.717, 1.165) is 23.9 Å². The van der Waals surface area contributed by atoms with Crippen molar-refractivity contribution in [2.24, 2.45) is 11.8 Å². The molecule has 0 amide bonds. The van der Waals surface area contributed by atoms with Crippen LogP contribution in [0.4, 0.5) is 0 Å². The summed E-state index contributed by atoms with van der Waals surface area (Å²) in [5, 5.41) is 7.26. The molecule has 74 valence electrons. The van der Waals surface area contributed by atoms with E-state index in [9.17, 15) is 0 Å². The molecule has 2 N–H and O–H groups in total. The second-order valence-electron chi connectivity index (χ2n) is 5.13. The van der Waals surface area contributed by atoms with E-state index in [1.54, 1.807) is 6.42 Å². The molecule has 2 heteroatoms. The van der Waals surface area contributed by atoms with Gasteiger partial charge < -0.3 is 10.6 Å². The van der Waals surface area contributed by atoms with Gasteiger partial charge in [0.25, 0.3) is 0 Å². The van der Waals surface area contributed by atoms with E-state index in [4.69, 9.17) is 0 Å². The van der Waals surface area contributed by atoms with Gasteiger partial charge in [0.1, 0.15) is 0 Å². The average molecular weight is 180 g/mol. The van der Waals surface area contributed by atoms with Crippen LogP contribution >= 0.6 is 0 Å². The minimum Gasteiger partial charge on any atom is -0.313 e. The average Bonchev–Trinajstić information content (AvgIpc) is 2.64. The zero-order valence-corrected chi connectivity index (χ0v) is 8.26. The van der Waals surface area contributed by atoms with Crippen molar-refractivity contribution >= 4 is 0 Å². The fourth-order valence-electron chi connectivity index (χ4n) is 3.12. The number of hydrogen-bond acceptors (Lipinski definition) is 2. The molecule has 2 unspecified atom stereocenters. The minimum atomic E-state index is 0.775. The highest BCUT2D eigenvalue weighted by Crippen LogP contribution is 2.51. The Bertz CT molecular complexity index is 177. The Balaban J connectivity index is 1.38. The van der Waals surface area contributed by atoms with Crippen LogP contribution in [-0.4, -0.2) is 25.2 Å². The van der Waals surface area contributed by atoms with Crippen molar-refractivity contribution in [3.05, 3.63) is 0 Å². The van der Waals surface area contributed by atoms with E-state index >= 15 is 0 Å². The highest BCUT2D eigenvalue weighted by Gasteiger charge is 2.45. The molecule has 2 nitrogen and oxygen atoms in total. The van der Waals surface area contributed by atoms with Gasteiger partial charge in [0.05, 0.1) is 0 Å². The van der Waals surface area contributed by atoms with Crippen LogP contribution in [-0.2, 0) is 0 Å². The molecule has 3 rings (SSSR count). The van der Waals surface area contributed by atoms with Crippen molar-refractivity contribution in [2.75, 3.05) is 13.1 Å². The third-order valence-corrected chi connectivity index (χ3v) is 4.06. The standard InChI is InChI=1S/C11H20N2/c1-2-10(12-3-1)7-13-11-5-8-4-9(8)6-11/h8-13H,1-7H2/t8?,9?,10-,11?/m1/s1. The maximum Gasteiger partial charge on any atom is 0.0193 e. The van der Waals surface area contributed by atoms with Crippen molar-refractivity contribution in [3.63, 3.8) is 0 Å². The Hall–Kier alpha value is -0.0800. The summed E-state index contributed by atoms with van der Waals surface area (Å²) in [6, 6.07) is 1.64. The smallest absolute Gasteiger partial charge is 0.0193 e. The van der Waals surface area contributed by atoms with Crippen molar-refractivity contribution in [3.8, 4) is 0 Å². The van der Waals surface area contributed by atoms with E-state index in [2.05, 4.69) is 10.6 Å². The Morgan fingerprint density at radius 3 is 2.69 bits per heavy atom. The summed E-state index contributed by atoms with van der Waals surface area (Å²) in [7, 11) is 0. The molecule has 1 heterocycles. The second-order valence-corrected chi connectivity index (χ2v) is 5.13. The first-order chi connectivity index (χ1) is 6.42. The molecule has 1 saturated heterocycles. The van der Waals surface area contributed by atoms with Gasteiger partial charge >= 0.3 is 0 Å². The molecule has 0 bridgehead atoms. The predicted molar refractivity (Wildman–Crippen MR) is 53.6 cm³/mol. The zero-order chi connectivity index (χ0) is 8.67. The quantitative estimate of drug-likeness (QED) is 0.680. The molecular weight excluding hydrogens is 160 g/mol. The second kappa shape index (κ2) is 3.25. The van der Waals surface area contributed by atoms with Gasteiger partial charge in [-0.15, -0.1) is 0 Å². The Morgan fingerprint density at radius 2 is 2.00 bits per heavy atom. The van der Waals surface area contributed by atoms with E-state index in [1.165, 1.54) is 38.8 Å². The van der Waals surface area contributed by atoms with Crippen LogP contribution in [0.3, 0.4) is 0 Å². The van der Waals surface area contributed by atoms with E-state index in [1.807, 2.05) is 0 Å². The summed E-state index contributed by atoms with van der Waals surface area (Å²) in [4.78, 5) is 0. The molecule has 1 aliphatic heterocycles. The predicted octanol–water partition coefficient (Wildman–Crippen LogP) is 1.13. The van der Waals surface area contributed by atoms with Crippen LogP contribution in [0, 0.1) is 11.8 Å². The lowest BCUT2D eigenvalue weighted by molar-refractivity contribution is 0.440. The summed E-state index contributed by atoms with van der Waals surface area (Å²) in [6.45, 7) is 2.45. The molecule has 0 spiro atoms. The van der Waals surface area contributed by atoms with Crippen molar-refractivity contribution in [1.29, 1.82) is 0 Å².